The Morgan fingerprint density at radius 1 is 1.14 bits per heavy atom. The molecule has 0 atom stereocenters. The van der Waals surface area contributed by atoms with Crippen LogP contribution in [0.3, 0.4) is 0 Å². The van der Waals surface area contributed by atoms with E-state index in [9.17, 15) is 4.79 Å². The molecule has 3 nitrogen and oxygen atoms in total. The number of halogens is 2. The number of aromatic nitrogens is 1. The molecule has 0 aliphatic carbocycles. The summed E-state index contributed by atoms with van der Waals surface area (Å²) in [6, 6.07) is 6.41. The van der Waals surface area contributed by atoms with Gasteiger partial charge in [-0.25, -0.2) is 9.95 Å². The molecule has 1 heterocycles. The number of rotatable bonds is 1. The molecule has 72 valence electrons. The molecule has 2 aromatic rings. The third kappa shape index (κ3) is 1.69. The van der Waals surface area contributed by atoms with Crippen LogP contribution in [0.5, 0.6) is 0 Å². The summed E-state index contributed by atoms with van der Waals surface area (Å²) in [4.78, 5) is 10.8. The first-order chi connectivity index (χ1) is 6.66. The van der Waals surface area contributed by atoms with E-state index in [2.05, 4.69) is 9.68 Å². The zero-order valence-corrected chi connectivity index (χ0v) is 8.39. The van der Waals surface area contributed by atoms with E-state index in [0.29, 0.717) is 15.7 Å². The SMILES string of the molecule is O=c1cc(-c2ccc(Cl)c(Cl)c2)[nH]o1. The Labute approximate surface area is 89.2 Å². The minimum Gasteiger partial charge on any atom is -0.339 e. The minimum atomic E-state index is -0.425. The lowest BCUT2D eigenvalue weighted by atomic mass is 10.1. The maximum Gasteiger partial charge on any atom is 0.357 e. The second-order valence-corrected chi connectivity index (χ2v) is 3.52. The largest absolute Gasteiger partial charge is 0.357 e. The predicted molar refractivity (Wildman–Crippen MR) is 54.8 cm³/mol. The highest BCUT2D eigenvalue weighted by molar-refractivity contribution is 6.42. The maximum absolute atomic E-state index is 10.8. The van der Waals surface area contributed by atoms with E-state index in [1.165, 1.54) is 6.07 Å². The summed E-state index contributed by atoms with van der Waals surface area (Å²) >= 11 is 11.6. The summed E-state index contributed by atoms with van der Waals surface area (Å²) in [6.07, 6.45) is 0. The molecule has 0 aliphatic rings. The first-order valence-corrected chi connectivity index (χ1v) is 4.56. The van der Waals surface area contributed by atoms with Gasteiger partial charge in [0, 0.05) is 5.56 Å². The summed E-state index contributed by atoms with van der Waals surface area (Å²) in [6.45, 7) is 0. The van der Waals surface area contributed by atoms with E-state index in [1.807, 2.05) is 0 Å². The molecule has 0 radical (unpaired) electrons. The molecular formula is C9H5Cl2NO2. The summed E-state index contributed by atoms with van der Waals surface area (Å²) < 4.78 is 4.53. The Morgan fingerprint density at radius 2 is 1.93 bits per heavy atom. The summed E-state index contributed by atoms with van der Waals surface area (Å²) in [5.41, 5.74) is 0.907. The topological polar surface area (TPSA) is 46.0 Å². The van der Waals surface area contributed by atoms with Gasteiger partial charge in [0.25, 0.3) is 0 Å². The van der Waals surface area contributed by atoms with Crippen molar-refractivity contribution in [2.75, 3.05) is 0 Å². The van der Waals surface area contributed by atoms with Crippen molar-refractivity contribution in [3.8, 4) is 11.3 Å². The Morgan fingerprint density at radius 3 is 2.50 bits per heavy atom. The van der Waals surface area contributed by atoms with Crippen LogP contribution in [-0.4, -0.2) is 5.16 Å². The van der Waals surface area contributed by atoms with Gasteiger partial charge in [0.1, 0.15) is 0 Å². The number of benzene rings is 1. The summed E-state index contributed by atoms with van der Waals surface area (Å²) in [5.74, 6) is 0. The number of nitrogens with one attached hydrogen (secondary N) is 1. The highest BCUT2D eigenvalue weighted by Crippen LogP contribution is 2.26. The smallest absolute Gasteiger partial charge is 0.339 e. The molecule has 1 aromatic heterocycles. The average Bonchev–Trinajstić information content (AvgIpc) is 2.57. The second kappa shape index (κ2) is 3.52. The van der Waals surface area contributed by atoms with Crippen molar-refractivity contribution in [2.45, 2.75) is 0 Å². The van der Waals surface area contributed by atoms with Gasteiger partial charge in [-0.3, -0.25) is 0 Å². The highest BCUT2D eigenvalue weighted by Gasteiger charge is 2.04. The Hall–Kier alpha value is -1.19. The zero-order chi connectivity index (χ0) is 10.1. The van der Waals surface area contributed by atoms with E-state index >= 15 is 0 Å². The molecule has 0 fully saturated rings. The van der Waals surface area contributed by atoms with Crippen LogP contribution in [0, 0.1) is 0 Å². The summed E-state index contributed by atoms with van der Waals surface area (Å²) in [7, 11) is 0. The number of aromatic amines is 1. The molecule has 0 saturated carbocycles. The molecule has 0 amide bonds. The monoisotopic (exact) mass is 229 g/mol. The van der Waals surface area contributed by atoms with E-state index in [-0.39, 0.29) is 0 Å². The normalized spacial score (nSPS) is 10.4. The Bertz CT molecular complexity index is 516. The first kappa shape index (κ1) is 9.37. The minimum absolute atomic E-state index is 0.425. The third-order valence-electron chi connectivity index (χ3n) is 1.75. The van der Waals surface area contributed by atoms with Crippen molar-refractivity contribution < 1.29 is 4.52 Å². The second-order valence-electron chi connectivity index (χ2n) is 2.71. The van der Waals surface area contributed by atoms with Crippen LogP contribution in [0.15, 0.2) is 33.6 Å². The molecular weight excluding hydrogens is 225 g/mol. The molecule has 0 aliphatic heterocycles. The van der Waals surface area contributed by atoms with Crippen molar-refractivity contribution >= 4 is 23.2 Å². The van der Waals surface area contributed by atoms with Gasteiger partial charge in [-0.15, -0.1) is 0 Å². The summed E-state index contributed by atoms with van der Waals surface area (Å²) in [5, 5.41) is 3.39. The van der Waals surface area contributed by atoms with Gasteiger partial charge >= 0.3 is 5.63 Å². The quantitative estimate of drug-likeness (QED) is 0.818. The van der Waals surface area contributed by atoms with E-state index in [1.54, 1.807) is 18.2 Å². The van der Waals surface area contributed by atoms with Crippen molar-refractivity contribution in [2.24, 2.45) is 0 Å². The van der Waals surface area contributed by atoms with Crippen molar-refractivity contribution in [3.05, 3.63) is 44.7 Å². The van der Waals surface area contributed by atoms with E-state index in [4.69, 9.17) is 23.2 Å². The van der Waals surface area contributed by atoms with Gasteiger partial charge in [0.05, 0.1) is 21.8 Å². The van der Waals surface area contributed by atoms with Crippen LogP contribution < -0.4 is 5.63 Å². The molecule has 0 bridgehead atoms. The van der Waals surface area contributed by atoms with E-state index < -0.39 is 5.63 Å². The van der Waals surface area contributed by atoms with Gasteiger partial charge in [-0.05, 0) is 12.1 Å². The van der Waals surface area contributed by atoms with Gasteiger partial charge in [-0.2, -0.15) is 0 Å². The van der Waals surface area contributed by atoms with Gasteiger partial charge < -0.3 is 4.52 Å². The van der Waals surface area contributed by atoms with E-state index in [0.717, 1.165) is 5.56 Å². The van der Waals surface area contributed by atoms with Crippen molar-refractivity contribution in [1.82, 2.24) is 5.16 Å². The number of hydrogen-bond donors (Lipinski definition) is 1. The molecule has 0 saturated heterocycles. The Kier molecular flexibility index (Phi) is 2.35. The van der Waals surface area contributed by atoms with Crippen molar-refractivity contribution in [3.63, 3.8) is 0 Å². The maximum atomic E-state index is 10.8. The molecule has 1 aromatic carbocycles. The van der Waals surface area contributed by atoms with Gasteiger partial charge in [0.15, 0.2) is 0 Å². The molecule has 0 spiro atoms. The lowest BCUT2D eigenvalue weighted by molar-refractivity contribution is 0.394. The number of hydrogen-bond acceptors (Lipinski definition) is 2. The fraction of sp³-hybridized carbons (Fsp3) is 0. The fourth-order valence-electron chi connectivity index (χ4n) is 1.09. The van der Waals surface area contributed by atoms with Crippen LogP contribution in [0.1, 0.15) is 0 Å². The Balaban J connectivity index is 2.52. The molecule has 1 N–H and O–H groups in total. The van der Waals surface area contributed by atoms with Crippen molar-refractivity contribution in [1.29, 1.82) is 0 Å². The lowest BCUT2D eigenvalue weighted by Crippen LogP contribution is -1.85. The zero-order valence-electron chi connectivity index (χ0n) is 6.88. The van der Waals surface area contributed by atoms with Crippen LogP contribution in [0.4, 0.5) is 0 Å². The van der Waals surface area contributed by atoms with Crippen LogP contribution in [-0.2, 0) is 0 Å². The fourth-order valence-corrected chi connectivity index (χ4v) is 1.39. The first-order valence-electron chi connectivity index (χ1n) is 3.81. The van der Waals surface area contributed by atoms with Gasteiger partial charge in [-0.1, -0.05) is 29.3 Å². The average molecular weight is 230 g/mol. The lowest BCUT2D eigenvalue weighted by Gasteiger charge is -1.98. The van der Waals surface area contributed by atoms with Crippen LogP contribution in [0.2, 0.25) is 10.0 Å². The molecule has 2 rings (SSSR count). The van der Waals surface area contributed by atoms with Crippen LogP contribution in [0.25, 0.3) is 11.3 Å². The van der Waals surface area contributed by atoms with Gasteiger partial charge in [0.2, 0.25) is 0 Å². The standard InChI is InChI=1S/C9H5Cl2NO2/c10-6-2-1-5(3-7(6)11)8-4-9(13)14-12-8/h1-4,12H. The number of H-pyrrole nitrogens is 1. The van der Waals surface area contributed by atoms with Crippen LogP contribution >= 0.6 is 23.2 Å². The predicted octanol–water partition coefficient (Wildman–Crippen LogP) is 2.94. The third-order valence-corrected chi connectivity index (χ3v) is 2.49. The highest BCUT2D eigenvalue weighted by atomic mass is 35.5. The molecule has 14 heavy (non-hydrogen) atoms. The molecule has 0 unspecified atom stereocenters. The molecule has 5 heteroatoms.